The molecule has 0 saturated carbocycles. The summed E-state index contributed by atoms with van der Waals surface area (Å²) in [7, 11) is 1.59. The van der Waals surface area contributed by atoms with E-state index in [4.69, 9.17) is 14.2 Å². The van der Waals surface area contributed by atoms with Crippen LogP contribution in [0.5, 0.6) is 23.1 Å². The molecule has 33 heavy (non-hydrogen) atoms. The van der Waals surface area contributed by atoms with Gasteiger partial charge in [0.25, 0.3) is 0 Å². The number of ether oxygens (including phenoxy) is 3. The molecular formula is C26H28FN3O3. The van der Waals surface area contributed by atoms with Gasteiger partial charge in [-0.3, -0.25) is 0 Å². The Morgan fingerprint density at radius 2 is 1.91 bits per heavy atom. The largest absolute Gasteiger partial charge is 0.493 e. The smallest absolute Gasteiger partial charge is 0.230 e. The van der Waals surface area contributed by atoms with Crippen LogP contribution in [0.25, 0.3) is 17.0 Å². The highest BCUT2D eigenvalue weighted by Gasteiger charge is 2.20. The Morgan fingerprint density at radius 3 is 2.73 bits per heavy atom. The highest BCUT2D eigenvalue weighted by Crippen LogP contribution is 2.38. The van der Waals surface area contributed by atoms with E-state index in [9.17, 15) is 0 Å². The molecule has 0 spiro atoms. The summed E-state index contributed by atoms with van der Waals surface area (Å²) in [5.41, 5.74) is 3.34. The normalized spacial score (nSPS) is 15.5. The van der Waals surface area contributed by atoms with Gasteiger partial charge < -0.3 is 19.1 Å². The van der Waals surface area contributed by atoms with E-state index in [1.807, 2.05) is 25.1 Å². The standard InChI is InChI=1S/C26H28FN3O3/c1-17-12-18-6-7-22(25(27)19(18)13-17)33-26-20-14-23(31-2)24(15-21(20)28-16-29-26)32-11-5-10-30-8-3-4-9-30/h6-7,13-16H,3-5,8-12H2,1-2H3. The number of aromatic nitrogens is 2. The van der Waals surface area contributed by atoms with Crippen molar-refractivity contribution in [3.05, 3.63) is 53.1 Å². The lowest BCUT2D eigenvalue weighted by Gasteiger charge is -2.16. The third kappa shape index (κ3) is 4.50. The van der Waals surface area contributed by atoms with E-state index in [1.165, 1.54) is 32.3 Å². The van der Waals surface area contributed by atoms with E-state index < -0.39 is 0 Å². The van der Waals surface area contributed by atoms with Crippen molar-refractivity contribution in [3.8, 4) is 23.1 Å². The maximum absolute atomic E-state index is 15.1. The summed E-state index contributed by atoms with van der Waals surface area (Å²) in [5, 5.41) is 0.630. The van der Waals surface area contributed by atoms with E-state index in [2.05, 4.69) is 14.9 Å². The van der Waals surface area contributed by atoms with Crippen LogP contribution < -0.4 is 14.2 Å². The van der Waals surface area contributed by atoms with Gasteiger partial charge in [-0.25, -0.2) is 14.4 Å². The zero-order valence-electron chi connectivity index (χ0n) is 19.1. The van der Waals surface area contributed by atoms with Crippen molar-refractivity contribution in [1.82, 2.24) is 14.9 Å². The number of rotatable bonds is 8. The number of hydrogen-bond acceptors (Lipinski definition) is 6. The number of hydrogen-bond donors (Lipinski definition) is 0. The Kier molecular flexibility index (Phi) is 6.13. The Hall–Kier alpha value is -3.19. The molecule has 0 atom stereocenters. The Bertz CT molecular complexity index is 1210. The SMILES string of the molecule is COc1cc2c(Oc3ccc4c(c3F)C=C(C)C4)ncnc2cc1OCCCN1CCCC1. The minimum absolute atomic E-state index is 0.140. The highest BCUT2D eigenvalue weighted by atomic mass is 19.1. The van der Waals surface area contributed by atoms with E-state index in [1.54, 1.807) is 19.2 Å². The lowest BCUT2D eigenvalue weighted by Crippen LogP contribution is -2.21. The van der Waals surface area contributed by atoms with E-state index >= 15 is 4.39 Å². The summed E-state index contributed by atoms with van der Waals surface area (Å²) in [6, 6.07) is 7.17. The van der Waals surface area contributed by atoms with Crippen LogP contribution in [0.2, 0.25) is 0 Å². The van der Waals surface area contributed by atoms with Crippen LogP contribution in [0, 0.1) is 5.82 Å². The first-order chi connectivity index (χ1) is 16.1. The van der Waals surface area contributed by atoms with Crippen molar-refractivity contribution in [2.75, 3.05) is 33.4 Å². The van der Waals surface area contributed by atoms with Crippen molar-refractivity contribution in [1.29, 1.82) is 0 Å². The fourth-order valence-corrected chi connectivity index (χ4v) is 4.57. The summed E-state index contributed by atoms with van der Waals surface area (Å²) in [4.78, 5) is 11.1. The van der Waals surface area contributed by atoms with Crippen LogP contribution in [0.1, 0.15) is 37.3 Å². The van der Waals surface area contributed by atoms with Crippen molar-refractivity contribution in [3.63, 3.8) is 0 Å². The Labute approximate surface area is 193 Å². The van der Waals surface area contributed by atoms with Crippen LogP contribution in [-0.2, 0) is 6.42 Å². The fraction of sp³-hybridized carbons (Fsp3) is 0.385. The average Bonchev–Trinajstić information content (AvgIpc) is 3.47. The van der Waals surface area contributed by atoms with Crippen molar-refractivity contribution < 1.29 is 18.6 Å². The molecule has 0 unspecified atom stereocenters. The Morgan fingerprint density at radius 1 is 1.06 bits per heavy atom. The summed E-state index contributed by atoms with van der Waals surface area (Å²) in [6.45, 7) is 5.99. The van der Waals surface area contributed by atoms with E-state index in [-0.39, 0.29) is 17.4 Å². The van der Waals surface area contributed by atoms with Gasteiger partial charge in [-0.2, -0.15) is 0 Å². The predicted molar refractivity (Wildman–Crippen MR) is 126 cm³/mol. The van der Waals surface area contributed by atoms with Gasteiger partial charge in [0.05, 0.1) is 24.6 Å². The molecule has 6 nitrogen and oxygen atoms in total. The number of likely N-dealkylation sites (tertiary alicyclic amines) is 1. The lowest BCUT2D eigenvalue weighted by atomic mass is 10.1. The van der Waals surface area contributed by atoms with Crippen LogP contribution in [-0.4, -0.2) is 48.2 Å². The molecule has 7 heteroatoms. The fourth-order valence-electron chi connectivity index (χ4n) is 4.57. The second-order valence-corrected chi connectivity index (χ2v) is 8.67. The first-order valence-electron chi connectivity index (χ1n) is 11.5. The summed E-state index contributed by atoms with van der Waals surface area (Å²) < 4.78 is 32.6. The predicted octanol–water partition coefficient (Wildman–Crippen LogP) is 5.39. The summed E-state index contributed by atoms with van der Waals surface area (Å²) in [6.07, 6.45) is 7.57. The maximum atomic E-state index is 15.1. The van der Waals surface area contributed by atoms with Gasteiger partial charge >= 0.3 is 0 Å². The van der Waals surface area contributed by atoms with Crippen molar-refractivity contribution in [2.24, 2.45) is 0 Å². The number of allylic oxidation sites excluding steroid dienone is 1. The third-order valence-corrected chi connectivity index (χ3v) is 6.26. The third-order valence-electron chi connectivity index (χ3n) is 6.26. The molecule has 0 amide bonds. The summed E-state index contributed by atoms with van der Waals surface area (Å²) in [5.74, 6) is 1.23. The summed E-state index contributed by atoms with van der Waals surface area (Å²) >= 11 is 0. The highest BCUT2D eigenvalue weighted by molar-refractivity contribution is 5.87. The van der Waals surface area contributed by atoms with Gasteiger partial charge in [-0.05, 0) is 63.4 Å². The quantitative estimate of drug-likeness (QED) is 0.430. The van der Waals surface area contributed by atoms with Gasteiger partial charge in [-0.15, -0.1) is 0 Å². The number of fused-ring (bicyclic) bond motifs is 2. The molecule has 0 N–H and O–H groups in total. The molecule has 0 radical (unpaired) electrons. The average molecular weight is 450 g/mol. The molecule has 1 aliphatic heterocycles. The van der Waals surface area contributed by atoms with Crippen LogP contribution >= 0.6 is 0 Å². The lowest BCUT2D eigenvalue weighted by molar-refractivity contribution is 0.254. The van der Waals surface area contributed by atoms with Gasteiger partial charge in [0, 0.05) is 18.2 Å². The monoisotopic (exact) mass is 449 g/mol. The number of methoxy groups -OCH3 is 1. The minimum atomic E-state index is -0.374. The van der Waals surface area contributed by atoms with Gasteiger partial charge in [-0.1, -0.05) is 17.7 Å². The second kappa shape index (κ2) is 9.35. The first-order valence-corrected chi connectivity index (χ1v) is 11.5. The molecule has 1 fully saturated rings. The number of halogens is 1. The Balaban J connectivity index is 1.37. The van der Waals surface area contributed by atoms with Gasteiger partial charge in [0.2, 0.25) is 5.88 Å². The molecule has 5 rings (SSSR count). The number of nitrogens with zero attached hydrogens (tertiary/aromatic N) is 3. The molecule has 1 aliphatic carbocycles. The molecule has 0 bridgehead atoms. The molecule has 2 heterocycles. The van der Waals surface area contributed by atoms with Crippen LogP contribution in [0.15, 0.2) is 36.2 Å². The number of benzene rings is 2. The van der Waals surface area contributed by atoms with E-state index in [0.29, 0.717) is 34.6 Å². The molecule has 3 aromatic rings. The van der Waals surface area contributed by atoms with Crippen molar-refractivity contribution >= 4 is 17.0 Å². The molecule has 1 saturated heterocycles. The molecular weight excluding hydrogens is 421 g/mol. The first kappa shape index (κ1) is 21.6. The molecule has 2 aliphatic rings. The molecule has 2 aromatic carbocycles. The topological polar surface area (TPSA) is 56.7 Å². The molecule has 1 aromatic heterocycles. The van der Waals surface area contributed by atoms with Crippen LogP contribution in [0.3, 0.4) is 0 Å². The van der Waals surface area contributed by atoms with Gasteiger partial charge in [0.1, 0.15) is 6.33 Å². The van der Waals surface area contributed by atoms with Crippen molar-refractivity contribution in [2.45, 2.75) is 32.6 Å². The second-order valence-electron chi connectivity index (χ2n) is 8.67. The maximum Gasteiger partial charge on any atom is 0.230 e. The van der Waals surface area contributed by atoms with E-state index in [0.717, 1.165) is 30.5 Å². The zero-order valence-corrected chi connectivity index (χ0v) is 19.1. The molecule has 172 valence electrons. The zero-order chi connectivity index (χ0) is 22.8. The van der Waals surface area contributed by atoms with Crippen LogP contribution in [0.4, 0.5) is 4.39 Å². The minimum Gasteiger partial charge on any atom is -0.493 e. The van der Waals surface area contributed by atoms with Gasteiger partial charge in [0.15, 0.2) is 23.1 Å².